The van der Waals surface area contributed by atoms with Crippen molar-refractivity contribution in [3.05, 3.63) is 0 Å². The van der Waals surface area contributed by atoms with Gasteiger partial charge in [-0.25, -0.2) is 13.1 Å². The summed E-state index contributed by atoms with van der Waals surface area (Å²) in [7, 11) is -2.17. The minimum atomic E-state index is -3.51. The number of aliphatic carboxylic acids is 1. The van der Waals surface area contributed by atoms with Crippen LogP contribution in [0, 0.1) is 0 Å². The first-order chi connectivity index (χ1) is 8.73. The molecule has 0 aliphatic carbocycles. The number of hydrogen-bond acceptors (Lipinski definition) is 5. The maximum atomic E-state index is 12.0. The average Bonchev–Trinajstić information content (AvgIpc) is 2.32. The Morgan fingerprint density at radius 1 is 1.42 bits per heavy atom. The summed E-state index contributed by atoms with van der Waals surface area (Å²) in [6.07, 6.45) is 2.17. The molecular weight excluding hydrogens is 292 g/mol. The van der Waals surface area contributed by atoms with Gasteiger partial charge in [0.15, 0.2) is 0 Å². The van der Waals surface area contributed by atoms with Gasteiger partial charge < -0.3 is 10.0 Å². The van der Waals surface area contributed by atoms with E-state index in [1.54, 1.807) is 0 Å². The van der Waals surface area contributed by atoms with Gasteiger partial charge in [0.05, 0.1) is 5.75 Å². The van der Waals surface area contributed by atoms with Crippen LogP contribution in [0.4, 0.5) is 0 Å². The second kappa shape index (κ2) is 8.39. The lowest BCUT2D eigenvalue weighted by Gasteiger charge is -2.23. The van der Waals surface area contributed by atoms with Crippen LogP contribution < -0.4 is 4.72 Å². The van der Waals surface area contributed by atoms with Crippen LogP contribution in [-0.2, 0) is 19.6 Å². The van der Waals surface area contributed by atoms with Crippen LogP contribution >= 0.6 is 11.8 Å². The zero-order valence-electron chi connectivity index (χ0n) is 11.2. The SMILES string of the molecule is CCS(=O)(=O)NC(CCSC)C(=O)N(C)CC(=O)O. The van der Waals surface area contributed by atoms with Crippen molar-refractivity contribution in [1.29, 1.82) is 0 Å². The molecule has 9 heteroatoms. The molecule has 0 spiro atoms. The number of sulfonamides is 1. The summed E-state index contributed by atoms with van der Waals surface area (Å²) in [5.41, 5.74) is 0. The van der Waals surface area contributed by atoms with Crippen molar-refractivity contribution >= 4 is 33.7 Å². The van der Waals surface area contributed by atoms with Crippen LogP contribution in [0.5, 0.6) is 0 Å². The van der Waals surface area contributed by atoms with E-state index in [9.17, 15) is 18.0 Å². The van der Waals surface area contributed by atoms with E-state index in [1.807, 2.05) is 6.26 Å². The fourth-order valence-electron chi connectivity index (χ4n) is 1.32. The predicted octanol–water partition coefficient (Wildman–Crippen LogP) is -0.410. The molecule has 19 heavy (non-hydrogen) atoms. The van der Waals surface area contributed by atoms with Gasteiger partial charge in [0.2, 0.25) is 15.9 Å². The summed E-state index contributed by atoms with van der Waals surface area (Å²) in [5, 5.41) is 8.63. The van der Waals surface area contributed by atoms with Gasteiger partial charge in [-0.1, -0.05) is 0 Å². The zero-order chi connectivity index (χ0) is 15.1. The normalized spacial score (nSPS) is 13.0. The van der Waals surface area contributed by atoms with Gasteiger partial charge >= 0.3 is 5.97 Å². The third kappa shape index (κ3) is 7.38. The van der Waals surface area contributed by atoms with E-state index in [0.29, 0.717) is 12.2 Å². The van der Waals surface area contributed by atoms with Gasteiger partial charge in [-0.05, 0) is 25.4 Å². The molecule has 1 atom stereocenters. The van der Waals surface area contributed by atoms with E-state index in [4.69, 9.17) is 5.11 Å². The number of nitrogens with one attached hydrogen (secondary N) is 1. The Bertz CT molecular complexity index is 410. The molecule has 1 unspecified atom stereocenters. The van der Waals surface area contributed by atoms with Crippen LogP contribution in [0.3, 0.4) is 0 Å². The number of carboxylic acid groups (broad SMARTS) is 1. The highest BCUT2D eigenvalue weighted by Gasteiger charge is 2.26. The van der Waals surface area contributed by atoms with E-state index >= 15 is 0 Å². The Labute approximate surface area is 117 Å². The summed E-state index contributed by atoms with van der Waals surface area (Å²) < 4.78 is 25.3. The molecule has 0 saturated carbocycles. The number of carboxylic acids is 1. The maximum absolute atomic E-state index is 12.0. The minimum Gasteiger partial charge on any atom is -0.480 e. The number of rotatable bonds is 9. The summed E-state index contributed by atoms with van der Waals surface area (Å²) in [6, 6.07) is -0.915. The number of amides is 1. The van der Waals surface area contributed by atoms with E-state index in [1.165, 1.54) is 25.7 Å². The number of thioether (sulfide) groups is 1. The summed E-state index contributed by atoms with van der Waals surface area (Å²) in [5.74, 6) is -1.20. The van der Waals surface area contributed by atoms with Gasteiger partial charge in [-0.15, -0.1) is 0 Å². The van der Waals surface area contributed by atoms with Gasteiger partial charge in [0, 0.05) is 7.05 Å². The first-order valence-electron chi connectivity index (χ1n) is 5.69. The average molecular weight is 312 g/mol. The molecule has 0 aliphatic heterocycles. The predicted molar refractivity (Wildman–Crippen MR) is 74.7 cm³/mol. The third-order valence-electron chi connectivity index (χ3n) is 2.36. The molecule has 0 radical (unpaired) electrons. The number of carbonyl (C=O) groups is 2. The Balaban J connectivity index is 4.82. The van der Waals surface area contributed by atoms with E-state index < -0.39 is 34.5 Å². The third-order valence-corrected chi connectivity index (χ3v) is 4.41. The van der Waals surface area contributed by atoms with Crippen molar-refractivity contribution in [3.63, 3.8) is 0 Å². The molecule has 0 fully saturated rings. The van der Waals surface area contributed by atoms with Crippen molar-refractivity contribution in [1.82, 2.24) is 9.62 Å². The van der Waals surface area contributed by atoms with Crippen LogP contribution in [0.25, 0.3) is 0 Å². The lowest BCUT2D eigenvalue weighted by Crippen LogP contribution is -2.49. The van der Waals surface area contributed by atoms with Crippen LogP contribution in [0.2, 0.25) is 0 Å². The summed E-state index contributed by atoms with van der Waals surface area (Å²) >= 11 is 1.48. The Morgan fingerprint density at radius 3 is 2.42 bits per heavy atom. The highest BCUT2D eigenvalue weighted by molar-refractivity contribution is 7.98. The molecule has 0 bridgehead atoms. The molecule has 0 heterocycles. The highest BCUT2D eigenvalue weighted by atomic mass is 32.2. The molecule has 0 aromatic heterocycles. The smallest absolute Gasteiger partial charge is 0.323 e. The fourth-order valence-corrected chi connectivity index (χ4v) is 2.61. The molecule has 1 amide bonds. The molecule has 7 nitrogen and oxygen atoms in total. The lowest BCUT2D eigenvalue weighted by atomic mass is 10.2. The molecule has 2 N–H and O–H groups in total. The summed E-state index contributed by atoms with van der Waals surface area (Å²) in [6.45, 7) is 1.02. The second-order valence-corrected chi connectivity index (χ2v) is 6.97. The van der Waals surface area contributed by atoms with E-state index in [0.717, 1.165) is 4.90 Å². The van der Waals surface area contributed by atoms with Crippen molar-refractivity contribution in [2.75, 3.05) is 31.4 Å². The Kier molecular flexibility index (Phi) is 8.03. The first-order valence-corrected chi connectivity index (χ1v) is 8.73. The zero-order valence-corrected chi connectivity index (χ0v) is 12.9. The lowest BCUT2D eigenvalue weighted by molar-refractivity contribution is -0.144. The number of hydrogen-bond donors (Lipinski definition) is 2. The van der Waals surface area contributed by atoms with Gasteiger partial charge in [-0.2, -0.15) is 11.8 Å². The molecular formula is C10H20N2O5S2. The largest absolute Gasteiger partial charge is 0.480 e. The van der Waals surface area contributed by atoms with Crippen molar-refractivity contribution in [3.8, 4) is 0 Å². The maximum Gasteiger partial charge on any atom is 0.323 e. The fraction of sp³-hybridized carbons (Fsp3) is 0.800. The molecule has 0 aromatic rings. The van der Waals surface area contributed by atoms with Gasteiger partial charge in [0.1, 0.15) is 12.6 Å². The molecule has 0 saturated heterocycles. The molecule has 112 valence electrons. The number of nitrogens with zero attached hydrogens (tertiary/aromatic N) is 1. The monoisotopic (exact) mass is 312 g/mol. The second-order valence-electron chi connectivity index (χ2n) is 3.94. The van der Waals surface area contributed by atoms with Crippen molar-refractivity contribution in [2.24, 2.45) is 0 Å². The van der Waals surface area contributed by atoms with Crippen LogP contribution in [0.1, 0.15) is 13.3 Å². The summed E-state index contributed by atoms with van der Waals surface area (Å²) in [4.78, 5) is 23.6. The highest BCUT2D eigenvalue weighted by Crippen LogP contribution is 2.05. The van der Waals surface area contributed by atoms with Gasteiger partial charge in [0.25, 0.3) is 0 Å². The Hall–Kier alpha value is -0.800. The quantitative estimate of drug-likeness (QED) is 0.600. The van der Waals surface area contributed by atoms with Gasteiger partial charge in [-0.3, -0.25) is 9.59 Å². The molecule has 0 aliphatic rings. The first kappa shape index (κ1) is 18.2. The molecule has 0 aromatic carbocycles. The van der Waals surface area contributed by atoms with Crippen molar-refractivity contribution < 1.29 is 23.1 Å². The molecule has 0 rings (SSSR count). The standard InChI is InChI=1S/C10H20N2O5S2/c1-4-19(16,17)11-8(5-6-18-3)10(15)12(2)7-9(13)14/h8,11H,4-7H2,1-3H3,(H,13,14). The Morgan fingerprint density at radius 2 is 2.00 bits per heavy atom. The van der Waals surface area contributed by atoms with E-state index in [2.05, 4.69) is 4.72 Å². The number of carbonyl (C=O) groups excluding carboxylic acids is 1. The minimum absolute atomic E-state index is 0.126. The topological polar surface area (TPSA) is 104 Å². The number of likely N-dealkylation sites (N-methyl/N-ethyl adjacent to an activating group) is 1. The van der Waals surface area contributed by atoms with Crippen LogP contribution in [0.15, 0.2) is 0 Å². The van der Waals surface area contributed by atoms with Crippen molar-refractivity contribution in [2.45, 2.75) is 19.4 Å². The van der Waals surface area contributed by atoms with Crippen LogP contribution in [-0.4, -0.2) is 67.7 Å². The van der Waals surface area contributed by atoms with E-state index in [-0.39, 0.29) is 5.75 Å².